The standard InChI is InChI=1S/C16H20N4OS2/c1-11-5-7-13(8-6-11)17-15-18-19-16(23-15)22-12(2)14(21)20-9-3-4-10-20/h5-8,12H,3-4,9-10H2,1-2H3,(H,17,18)/t12-/m0/s1. The molecule has 5 nitrogen and oxygen atoms in total. The lowest BCUT2D eigenvalue weighted by molar-refractivity contribution is -0.129. The van der Waals surface area contributed by atoms with Crippen LogP contribution in [0.2, 0.25) is 0 Å². The molecular weight excluding hydrogens is 328 g/mol. The first-order valence-electron chi connectivity index (χ1n) is 7.74. The number of hydrogen-bond acceptors (Lipinski definition) is 6. The van der Waals surface area contributed by atoms with E-state index in [1.807, 2.05) is 24.0 Å². The number of thioether (sulfide) groups is 1. The molecule has 0 aliphatic carbocycles. The van der Waals surface area contributed by atoms with Gasteiger partial charge in [-0.2, -0.15) is 0 Å². The molecule has 1 atom stereocenters. The molecule has 7 heteroatoms. The Morgan fingerprint density at radius 3 is 2.65 bits per heavy atom. The Kier molecular flexibility index (Phi) is 5.17. The van der Waals surface area contributed by atoms with Crippen molar-refractivity contribution in [1.29, 1.82) is 0 Å². The number of carbonyl (C=O) groups excluding carboxylic acids is 1. The molecule has 0 saturated carbocycles. The Hall–Kier alpha value is -1.60. The number of hydrogen-bond donors (Lipinski definition) is 1. The van der Waals surface area contributed by atoms with Gasteiger partial charge < -0.3 is 10.2 Å². The Labute approximate surface area is 144 Å². The molecule has 1 N–H and O–H groups in total. The van der Waals surface area contributed by atoms with Gasteiger partial charge in [0.1, 0.15) is 0 Å². The molecule has 2 heterocycles. The van der Waals surface area contributed by atoms with Crippen LogP contribution in [0.1, 0.15) is 25.3 Å². The number of benzene rings is 1. The highest BCUT2D eigenvalue weighted by Crippen LogP contribution is 2.31. The maximum atomic E-state index is 12.3. The molecule has 0 radical (unpaired) electrons. The summed E-state index contributed by atoms with van der Waals surface area (Å²) >= 11 is 2.97. The van der Waals surface area contributed by atoms with Gasteiger partial charge in [0.05, 0.1) is 5.25 Å². The molecule has 0 spiro atoms. The highest BCUT2D eigenvalue weighted by atomic mass is 32.2. The summed E-state index contributed by atoms with van der Waals surface area (Å²) in [5, 5.41) is 12.2. The fourth-order valence-electron chi connectivity index (χ4n) is 2.46. The first kappa shape index (κ1) is 16.3. The summed E-state index contributed by atoms with van der Waals surface area (Å²) in [6.45, 7) is 5.78. The van der Waals surface area contributed by atoms with Crippen LogP contribution in [0.15, 0.2) is 28.6 Å². The molecule has 1 fully saturated rings. The van der Waals surface area contributed by atoms with E-state index in [0.29, 0.717) is 0 Å². The zero-order valence-corrected chi connectivity index (χ0v) is 14.9. The molecule has 23 heavy (non-hydrogen) atoms. The number of aryl methyl sites for hydroxylation is 1. The summed E-state index contributed by atoms with van der Waals surface area (Å²) in [5.74, 6) is 0.204. The van der Waals surface area contributed by atoms with E-state index in [-0.39, 0.29) is 11.2 Å². The molecule has 1 saturated heterocycles. The highest BCUT2D eigenvalue weighted by Gasteiger charge is 2.25. The maximum absolute atomic E-state index is 12.3. The van der Waals surface area contributed by atoms with Crippen LogP contribution >= 0.6 is 23.1 Å². The number of nitrogens with one attached hydrogen (secondary N) is 1. The third-order valence-corrected chi connectivity index (χ3v) is 5.76. The van der Waals surface area contributed by atoms with Gasteiger partial charge in [0.15, 0.2) is 4.34 Å². The van der Waals surface area contributed by atoms with E-state index >= 15 is 0 Å². The zero-order valence-electron chi connectivity index (χ0n) is 13.3. The summed E-state index contributed by atoms with van der Waals surface area (Å²) in [5.41, 5.74) is 2.21. The number of amides is 1. The van der Waals surface area contributed by atoms with Crippen molar-refractivity contribution in [2.24, 2.45) is 0 Å². The quantitative estimate of drug-likeness (QED) is 0.835. The normalized spacial score (nSPS) is 15.7. The van der Waals surface area contributed by atoms with Crippen molar-refractivity contribution < 1.29 is 4.79 Å². The second-order valence-electron chi connectivity index (χ2n) is 5.66. The highest BCUT2D eigenvalue weighted by molar-refractivity contribution is 8.02. The smallest absolute Gasteiger partial charge is 0.235 e. The van der Waals surface area contributed by atoms with Gasteiger partial charge in [0, 0.05) is 18.8 Å². The Bertz CT molecular complexity index is 665. The first-order chi connectivity index (χ1) is 11.1. The van der Waals surface area contributed by atoms with Gasteiger partial charge in [-0.1, -0.05) is 40.8 Å². The molecule has 1 aromatic heterocycles. The molecule has 1 aliphatic heterocycles. The molecule has 2 aromatic rings. The topological polar surface area (TPSA) is 58.1 Å². The van der Waals surface area contributed by atoms with Crippen LogP contribution in [0.3, 0.4) is 0 Å². The molecule has 0 unspecified atom stereocenters. The number of aromatic nitrogens is 2. The van der Waals surface area contributed by atoms with E-state index in [4.69, 9.17) is 0 Å². The summed E-state index contributed by atoms with van der Waals surface area (Å²) < 4.78 is 0.819. The lowest BCUT2D eigenvalue weighted by atomic mass is 10.2. The van der Waals surface area contributed by atoms with Crippen LogP contribution in [-0.4, -0.2) is 39.3 Å². The van der Waals surface area contributed by atoms with E-state index in [1.54, 1.807) is 0 Å². The van der Waals surface area contributed by atoms with Crippen molar-refractivity contribution in [2.75, 3.05) is 18.4 Å². The van der Waals surface area contributed by atoms with Gasteiger partial charge in [-0.15, -0.1) is 10.2 Å². The van der Waals surface area contributed by atoms with Crippen LogP contribution in [0.25, 0.3) is 0 Å². The minimum atomic E-state index is -0.117. The monoisotopic (exact) mass is 348 g/mol. The third-order valence-electron chi connectivity index (χ3n) is 3.75. The fraction of sp³-hybridized carbons (Fsp3) is 0.438. The van der Waals surface area contributed by atoms with Crippen molar-refractivity contribution in [3.8, 4) is 0 Å². The van der Waals surface area contributed by atoms with Crippen LogP contribution in [0.5, 0.6) is 0 Å². The van der Waals surface area contributed by atoms with E-state index in [0.717, 1.165) is 41.1 Å². The third kappa shape index (κ3) is 4.23. The summed E-state index contributed by atoms with van der Waals surface area (Å²) in [6, 6.07) is 8.14. The largest absolute Gasteiger partial charge is 0.342 e. The predicted molar refractivity (Wildman–Crippen MR) is 95.5 cm³/mol. The molecule has 1 aliphatic rings. The Morgan fingerprint density at radius 2 is 1.96 bits per heavy atom. The Morgan fingerprint density at radius 1 is 1.26 bits per heavy atom. The van der Waals surface area contributed by atoms with Gasteiger partial charge in [-0.3, -0.25) is 4.79 Å². The van der Waals surface area contributed by atoms with Crippen molar-refractivity contribution in [3.05, 3.63) is 29.8 Å². The van der Waals surface area contributed by atoms with Gasteiger partial charge in [0.2, 0.25) is 11.0 Å². The summed E-state index contributed by atoms with van der Waals surface area (Å²) in [7, 11) is 0. The van der Waals surface area contributed by atoms with Gasteiger partial charge >= 0.3 is 0 Å². The second-order valence-corrected chi connectivity index (χ2v) is 8.22. The molecule has 122 valence electrons. The number of likely N-dealkylation sites (tertiary alicyclic amines) is 1. The predicted octanol–water partition coefficient (Wildman–Crippen LogP) is 3.69. The van der Waals surface area contributed by atoms with E-state index in [2.05, 4.69) is 34.6 Å². The first-order valence-corrected chi connectivity index (χ1v) is 9.44. The van der Waals surface area contributed by atoms with Crippen LogP contribution in [0.4, 0.5) is 10.8 Å². The van der Waals surface area contributed by atoms with Crippen LogP contribution in [-0.2, 0) is 4.79 Å². The molecule has 3 rings (SSSR count). The average molecular weight is 348 g/mol. The second kappa shape index (κ2) is 7.31. The SMILES string of the molecule is Cc1ccc(Nc2nnc(S[C@@H](C)C(=O)N3CCCC3)s2)cc1. The van der Waals surface area contributed by atoms with Crippen molar-refractivity contribution in [3.63, 3.8) is 0 Å². The number of carbonyl (C=O) groups is 1. The minimum absolute atomic E-state index is 0.117. The molecule has 0 bridgehead atoms. The summed E-state index contributed by atoms with van der Waals surface area (Å²) in [6.07, 6.45) is 2.24. The van der Waals surface area contributed by atoms with Gasteiger partial charge in [-0.25, -0.2) is 0 Å². The molecular formula is C16H20N4OS2. The average Bonchev–Trinajstić information content (AvgIpc) is 3.21. The Balaban J connectivity index is 1.58. The van der Waals surface area contributed by atoms with Gasteiger partial charge in [-0.05, 0) is 38.8 Å². The summed E-state index contributed by atoms with van der Waals surface area (Å²) in [4.78, 5) is 14.3. The molecule has 1 amide bonds. The van der Waals surface area contributed by atoms with E-state index in [9.17, 15) is 4.79 Å². The molecule has 1 aromatic carbocycles. The van der Waals surface area contributed by atoms with Gasteiger partial charge in [0.25, 0.3) is 0 Å². The van der Waals surface area contributed by atoms with Crippen molar-refractivity contribution in [2.45, 2.75) is 36.3 Å². The zero-order chi connectivity index (χ0) is 16.2. The number of rotatable bonds is 5. The minimum Gasteiger partial charge on any atom is -0.342 e. The lowest BCUT2D eigenvalue weighted by Gasteiger charge is -2.18. The fourth-order valence-corrected chi connectivity index (χ4v) is 4.46. The van der Waals surface area contributed by atoms with Crippen molar-refractivity contribution in [1.82, 2.24) is 15.1 Å². The number of anilines is 2. The van der Waals surface area contributed by atoms with E-state index in [1.165, 1.54) is 28.7 Å². The maximum Gasteiger partial charge on any atom is 0.235 e. The number of nitrogens with zero attached hydrogens (tertiary/aromatic N) is 3. The van der Waals surface area contributed by atoms with Crippen LogP contribution in [0, 0.1) is 6.92 Å². The van der Waals surface area contributed by atoms with Crippen LogP contribution < -0.4 is 5.32 Å². The van der Waals surface area contributed by atoms with Crippen molar-refractivity contribution >= 4 is 39.8 Å². The lowest BCUT2D eigenvalue weighted by Crippen LogP contribution is -2.33. The van der Waals surface area contributed by atoms with E-state index < -0.39 is 0 Å².